The first-order valence-electron chi connectivity index (χ1n) is 4.76. The van der Waals surface area contributed by atoms with Gasteiger partial charge < -0.3 is 9.15 Å². The summed E-state index contributed by atoms with van der Waals surface area (Å²) in [6.07, 6.45) is 3.26. The number of hydrogen-bond donors (Lipinski definition) is 0. The molecule has 0 atom stereocenters. The van der Waals surface area contributed by atoms with Crippen molar-refractivity contribution in [2.75, 3.05) is 7.11 Å². The third-order valence-electron chi connectivity index (χ3n) is 1.95. The molecule has 0 aliphatic rings. The second kappa shape index (κ2) is 5.48. The number of aromatic nitrogens is 4. The molecule has 0 fully saturated rings. The van der Waals surface area contributed by atoms with Crippen molar-refractivity contribution in [2.45, 2.75) is 17.5 Å². The molecule has 90 valence electrons. The van der Waals surface area contributed by atoms with Crippen molar-refractivity contribution < 1.29 is 13.9 Å². The normalized spacial score (nSPS) is 10.4. The van der Waals surface area contributed by atoms with Crippen molar-refractivity contribution in [3.63, 3.8) is 0 Å². The van der Waals surface area contributed by atoms with Crippen molar-refractivity contribution in [3.05, 3.63) is 24.2 Å². The van der Waals surface area contributed by atoms with Crippen LogP contribution in [0.3, 0.4) is 0 Å². The molecule has 17 heavy (non-hydrogen) atoms. The van der Waals surface area contributed by atoms with Crippen molar-refractivity contribution in [3.8, 4) is 0 Å². The minimum absolute atomic E-state index is 0.0111. The summed E-state index contributed by atoms with van der Waals surface area (Å²) in [6.45, 7) is 0.0111. The highest BCUT2D eigenvalue weighted by Crippen LogP contribution is 2.19. The Kier molecular flexibility index (Phi) is 3.76. The van der Waals surface area contributed by atoms with Crippen LogP contribution < -0.4 is 0 Å². The molecule has 0 aromatic carbocycles. The Hall–Kier alpha value is -1.83. The smallest absolute Gasteiger partial charge is 0.327 e. The van der Waals surface area contributed by atoms with Gasteiger partial charge in [-0.2, -0.15) is 0 Å². The van der Waals surface area contributed by atoms with Gasteiger partial charge in [-0.05, 0) is 16.5 Å². The highest BCUT2D eigenvalue weighted by Gasteiger charge is 2.11. The molecule has 2 aromatic heterocycles. The number of thioether (sulfide) groups is 1. The van der Waals surface area contributed by atoms with E-state index in [0.29, 0.717) is 10.9 Å². The first-order valence-corrected chi connectivity index (χ1v) is 5.75. The zero-order valence-electron chi connectivity index (χ0n) is 9.07. The quantitative estimate of drug-likeness (QED) is 0.574. The van der Waals surface area contributed by atoms with Crippen LogP contribution in [0.25, 0.3) is 0 Å². The molecule has 0 aliphatic carbocycles. The third-order valence-corrected chi connectivity index (χ3v) is 2.98. The number of tetrazole rings is 1. The molecule has 0 saturated carbocycles. The number of nitrogens with zero attached hydrogens (tertiary/aromatic N) is 4. The maximum atomic E-state index is 11.1. The van der Waals surface area contributed by atoms with Crippen LogP contribution in [-0.4, -0.2) is 33.3 Å². The van der Waals surface area contributed by atoms with E-state index in [0.717, 1.165) is 5.56 Å². The lowest BCUT2D eigenvalue weighted by Gasteiger charge is -2.01. The van der Waals surface area contributed by atoms with Gasteiger partial charge >= 0.3 is 5.97 Å². The Morgan fingerprint density at radius 2 is 2.53 bits per heavy atom. The average molecular weight is 254 g/mol. The van der Waals surface area contributed by atoms with Gasteiger partial charge in [-0.3, -0.25) is 4.79 Å². The van der Waals surface area contributed by atoms with Gasteiger partial charge in [0.1, 0.15) is 6.54 Å². The number of hydrogen-bond acceptors (Lipinski definition) is 7. The lowest BCUT2D eigenvalue weighted by Crippen LogP contribution is -2.13. The fraction of sp³-hybridized carbons (Fsp3) is 0.333. The maximum Gasteiger partial charge on any atom is 0.327 e. The number of esters is 1. The second-order valence-electron chi connectivity index (χ2n) is 3.12. The summed E-state index contributed by atoms with van der Waals surface area (Å²) in [6, 6.07) is 1.86. The number of ether oxygens (including phenoxy) is 1. The minimum atomic E-state index is -0.387. The summed E-state index contributed by atoms with van der Waals surface area (Å²) >= 11 is 1.42. The molecule has 0 spiro atoms. The van der Waals surface area contributed by atoms with E-state index in [9.17, 15) is 4.79 Å². The number of methoxy groups -OCH3 is 1. The molecule has 0 N–H and O–H groups in total. The molecule has 8 heteroatoms. The fourth-order valence-corrected chi connectivity index (χ4v) is 1.91. The summed E-state index contributed by atoms with van der Waals surface area (Å²) in [5.41, 5.74) is 1.03. The van der Waals surface area contributed by atoms with E-state index in [1.807, 2.05) is 6.07 Å². The predicted octanol–water partition coefficient (Wildman–Crippen LogP) is 0.731. The summed E-state index contributed by atoms with van der Waals surface area (Å²) in [7, 11) is 1.32. The zero-order valence-corrected chi connectivity index (χ0v) is 9.88. The van der Waals surface area contributed by atoms with Crippen LogP contribution in [0.1, 0.15) is 5.56 Å². The van der Waals surface area contributed by atoms with E-state index in [4.69, 9.17) is 4.42 Å². The van der Waals surface area contributed by atoms with Gasteiger partial charge in [0.25, 0.3) is 0 Å². The van der Waals surface area contributed by atoms with Crippen LogP contribution in [0.2, 0.25) is 0 Å². The monoisotopic (exact) mass is 254 g/mol. The minimum Gasteiger partial charge on any atom is -0.472 e. The van der Waals surface area contributed by atoms with Crippen molar-refractivity contribution >= 4 is 17.7 Å². The highest BCUT2D eigenvalue weighted by molar-refractivity contribution is 7.98. The molecule has 0 saturated heterocycles. The predicted molar refractivity (Wildman–Crippen MR) is 58.1 cm³/mol. The molecule has 0 amide bonds. The third kappa shape index (κ3) is 3.06. The van der Waals surface area contributed by atoms with E-state index in [-0.39, 0.29) is 12.5 Å². The lowest BCUT2D eigenvalue weighted by molar-refractivity contribution is -0.141. The second-order valence-corrected chi connectivity index (χ2v) is 4.06. The summed E-state index contributed by atoms with van der Waals surface area (Å²) < 4.78 is 10.9. The first-order chi connectivity index (χ1) is 8.29. The summed E-state index contributed by atoms with van der Waals surface area (Å²) in [5, 5.41) is 11.6. The lowest BCUT2D eigenvalue weighted by atomic mass is 10.4. The molecule has 2 rings (SSSR count). The Morgan fingerprint density at radius 3 is 3.24 bits per heavy atom. The largest absolute Gasteiger partial charge is 0.472 e. The Labute approximate surface area is 101 Å². The van der Waals surface area contributed by atoms with Gasteiger partial charge in [0.05, 0.1) is 19.6 Å². The van der Waals surface area contributed by atoms with Gasteiger partial charge in [-0.25, -0.2) is 4.68 Å². The first kappa shape index (κ1) is 11.6. The molecular weight excluding hydrogens is 244 g/mol. The Balaban J connectivity index is 1.96. The van der Waals surface area contributed by atoms with Gasteiger partial charge in [-0.1, -0.05) is 11.8 Å². The van der Waals surface area contributed by atoms with Crippen LogP contribution >= 0.6 is 11.8 Å². The van der Waals surface area contributed by atoms with Crippen LogP contribution in [-0.2, 0) is 21.8 Å². The van der Waals surface area contributed by atoms with Crippen molar-refractivity contribution in [1.29, 1.82) is 0 Å². The summed E-state index contributed by atoms with van der Waals surface area (Å²) in [4.78, 5) is 11.1. The number of carbonyl (C=O) groups excluding carboxylic acids is 1. The highest BCUT2D eigenvalue weighted by atomic mass is 32.2. The summed E-state index contributed by atoms with van der Waals surface area (Å²) in [5.74, 6) is 0.292. The molecule has 0 bridgehead atoms. The van der Waals surface area contributed by atoms with Gasteiger partial charge in [-0.15, -0.1) is 5.10 Å². The topological polar surface area (TPSA) is 83.0 Å². The van der Waals surface area contributed by atoms with Gasteiger partial charge in [0.2, 0.25) is 5.16 Å². The average Bonchev–Trinajstić information content (AvgIpc) is 2.97. The molecule has 7 nitrogen and oxygen atoms in total. The van der Waals surface area contributed by atoms with E-state index in [2.05, 4.69) is 20.3 Å². The Morgan fingerprint density at radius 1 is 1.65 bits per heavy atom. The molecule has 0 radical (unpaired) electrons. The van der Waals surface area contributed by atoms with Crippen molar-refractivity contribution in [1.82, 2.24) is 20.2 Å². The van der Waals surface area contributed by atoms with E-state index >= 15 is 0 Å². The van der Waals surface area contributed by atoms with E-state index in [1.165, 1.54) is 23.6 Å². The van der Waals surface area contributed by atoms with Gasteiger partial charge in [0, 0.05) is 11.3 Å². The van der Waals surface area contributed by atoms with Gasteiger partial charge in [0.15, 0.2) is 0 Å². The van der Waals surface area contributed by atoms with E-state index < -0.39 is 0 Å². The van der Waals surface area contributed by atoms with Crippen LogP contribution in [0.4, 0.5) is 0 Å². The standard InChI is InChI=1S/C9H10N4O3S/c1-15-8(14)4-13-9(10-11-12-13)17-6-7-2-3-16-5-7/h2-3,5H,4,6H2,1H3. The molecule has 2 aromatic rings. The molecule has 2 heterocycles. The zero-order chi connectivity index (χ0) is 12.1. The molecular formula is C9H10N4O3S. The molecule has 0 unspecified atom stereocenters. The SMILES string of the molecule is COC(=O)Cn1nnnc1SCc1ccoc1. The Bertz CT molecular complexity index is 482. The van der Waals surface area contributed by atoms with Crippen LogP contribution in [0, 0.1) is 0 Å². The van der Waals surface area contributed by atoms with Crippen LogP contribution in [0.15, 0.2) is 28.2 Å². The van der Waals surface area contributed by atoms with Crippen LogP contribution in [0.5, 0.6) is 0 Å². The fourth-order valence-electron chi connectivity index (χ4n) is 1.11. The van der Waals surface area contributed by atoms with Crippen molar-refractivity contribution in [2.24, 2.45) is 0 Å². The van der Waals surface area contributed by atoms with E-state index in [1.54, 1.807) is 12.5 Å². The number of carbonyl (C=O) groups is 1. The maximum absolute atomic E-state index is 11.1. The molecule has 0 aliphatic heterocycles. The number of rotatable bonds is 5. The number of furan rings is 1.